The van der Waals surface area contributed by atoms with Gasteiger partial charge in [0, 0.05) is 0 Å². The van der Waals surface area contributed by atoms with Gasteiger partial charge in [0.25, 0.3) is 0 Å². The molecule has 0 saturated heterocycles. The molecule has 0 nitrogen and oxygen atoms in total. The molecule has 0 aromatic heterocycles. The predicted octanol–water partition coefficient (Wildman–Crippen LogP) is 4.74. The van der Waals surface area contributed by atoms with E-state index in [-0.39, 0.29) is 0 Å². The summed E-state index contributed by atoms with van der Waals surface area (Å²) in [4.78, 5) is 0. The number of aryl methyl sites for hydroxylation is 2. The van der Waals surface area contributed by atoms with Gasteiger partial charge in [-0.2, -0.15) is 0 Å². The Balaban J connectivity index is 0.000000457. The molecule has 3 rings (SSSR count). The predicted molar refractivity (Wildman–Crippen MR) is 71.9 cm³/mol. The van der Waals surface area contributed by atoms with Crippen LogP contribution in [0.2, 0.25) is 0 Å². The molecule has 0 N–H and O–H groups in total. The van der Waals surface area contributed by atoms with Crippen LogP contribution < -0.4 is 0 Å². The summed E-state index contributed by atoms with van der Waals surface area (Å²) < 4.78 is 0. The zero-order valence-corrected chi connectivity index (χ0v) is 10.3. The summed E-state index contributed by atoms with van der Waals surface area (Å²) in [6.07, 6.45) is 5.28. The fourth-order valence-corrected chi connectivity index (χ4v) is 2.53. The van der Waals surface area contributed by atoms with Crippen molar-refractivity contribution in [1.29, 1.82) is 0 Å². The van der Waals surface area contributed by atoms with Gasteiger partial charge in [-0.1, -0.05) is 50.2 Å². The second-order valence-electron chi connectivity index (χ2n) is 4.13. The summed E-state index contributed by atoms with van der Waals surface area (Å²) in [5.41, 5.74) is 3.18. The minimum Gasteiger partial charge on any atom is -0.0683 e. The van der Waals surface area contributed by atoms with E-state index in [1.165, 1.54) is 36.5 Å². The Morgan fingerprint density at radius 1 is 0.812 bits per heavy atom. The van der Waals surface area contributed by atoms with Crippen molar-refractivity contribution >= 4 is 10.8 Å². The summed E-state index contributed by atoms with van der Waals surface area (Å²) in [5, 5.41) is 2.87. The van der Waals surface area contributed by atoms with Gasteiger partial charge in [0.2, 0.25) is 0 Å². The van der Waals surface area contributed by atoms with E-state index < -0.39 is 0 Å². The van der Waals surface area contributed by atoms with E-state index in [4.69, 9.17) is 0 Å². The molecule has 0 spiro atoms. The highest BCUT2D eigenvalue weighted by molar-refractivity contribution is 5.86. The van der Waals surface area contributed by atoms with E-state index in [0.717, 1.165) is 0 Å². The van der Waals surface area contributed by atoms with Gasteiger partial charge in [0.15, 0.2) is 0 Å². The summed E-state index contributed by atoms with van der Waals surface area (Å²) in [6.45, 7) is 4.00. The summed E-state index contributed by atoms with van der Waals surface area (Å²) in [6, 6.07) is 13.3. The first-order valence-corrected chi connectivity index (χ1v) is 6.45. The number of hydrogen-bond donors (Lipinski definition) is 0. The molecule has 16 heavy (non-hydrogen) atoms. The molecule has 0 radical (unpaired) electrons. The fraction of sp³-hybridized carbons (Fsp3) is 0.375. The highest BCUT2D eigenvalue weighted by atomic mass is 14.2. The van der Waals surface area contributed by atoms with E-state index in [1.807, 2.05) is 13.8 Å². The fourth-order valence-electron chi connectivity index (χ4n) is 2.53. The minimum atomic E-state index is 1.27. The van der Waals surface area contributed by atoms with Gasteiger partial charge in [-0.15, -0.1) is 0 Å². The van der Waals surface area contributed by atoms with Gasteiger partial charge in [0.05, 0.1) is 0 Å². The molecule has 0 heterocycles. The van der Waals surface area contributed by atoms with Crippen molar-refractivity contribution in [2.24, 2.45) is 0 Å². The summed E-state index contributed by atoms with van der Waals surface area (Å²) in [7, 11) is 0. The van der Waals surface area contributed by atoms with Gasteiger partial charge in [-0.05, 0) is 47.6 Å². The molecule has 2 aromatic rings. The Kier molecular flexibility index (Phi) is 3.61. The standard InChI is InChI=1S/C14H14.C2H6/c1-3-7-13-11(5-1)9-10-12-6-2-4-8-14(12)13;1-2/h1,3,5,7,9-10H,2,4,6,8H2;1-2H3. The van der Waals surface area contributed by atoms with Crippen LogP contribution in [0.25, 0.3) is 10.8 Å². The van der Waals surface area contributed by atoms with E-state index in [9.17, 15) is 0 Å². The monoisotopic (exact) mass is 212 g/mol. The third kappa shape index (κ3) is 1.97. The van der Waals surface area contributed by atoms with Gasteiger partial charge >= 0.3 is 0 Å². The van der Waals surface area contributed by atoms with Crippen LogP contribution in [0, 0.1) is 0 Å². The highest BCUT2D eigenvalue weighted by Crippen LogP contribution is 2.28. The van der Waals surface area contributed by atoms with Crippen molar-refractivity contribution in [1.82, 2.24) is 0 Å². The first-order chi connectivity index (χ1) is 7.95. The van der Waals surface area contributed by atoms with E-state index >= 15 is 0 Å². The maximum absolute atomic E-state index is 2.32. The summed E-state index contributed by atoms with van der Waals surface area (Å²) in [5.74, 6) is 0. The quantitative estimate of drug-likeness (QED) is 0.591. The zero-order chi connectivity index (χ0) is 11.4. The second kappa shape index (κ2) is 5.16. The summed E-state index contributed by atoms with van der Waals surface area (Å²) >= 11 is 0. The maximum Gasteiger partial charge on any atom is -0.0149 e. The zero-order valence-electron chi connectivity index (χ0n) is 10.3. The SMILES string of the molecule is CC.c1ccc2c3c(ccc2c1)CCCC3. The lowest BCUT2D eigenvalue weighted by Crippen LogP contribution is -2.02. The Labute approximate surface area is 98.3 Å². The van der Waals surface area contributed by atoms with Crippen molar-refractivity contribution < 1.29 is 0 Å². The number of rotatable bonds is 0. The molecule has 0 amide bonds. The largest absolute Gasteiger partial charge is 0.0683 e. The van der Waals surface area contributed by atoms with Crippen molar-refractivity contribution in [3.05, 3.63) is 47.5 Å². The molecular weight excluding hydrogens is 192 g/mol. The van der Waals surface area contributed by atoms with Crippen LogP contribution in [0.15, 0.2) is 36.4 Å². The number of hydrogen-bond acceptors (Lipinski definition) is 0. The smallest absolute Gasteiger partial charge is 0.0149 e. The third-order valence-corrected chi connectivity index (χ3v) is 3.26. The maximum atomic E-state index is 2.32. The molecule has 0 heteroatoms. The highest BCUT2D eigenvalue weighted by Gasteiger charge is 2.11. The lowest BCUT2D eigenvalue weighted by atomic mass is 9.88. The Hall–Kier alpha value is -1.30. The Morgan fingerprint density at radius 3 is 2.44 bits per heavy atom. The molecule has 0 bridgehead atoms. The van der Waals surface area contributed by atoms with E-state index in [1.54, 1.807) is 11.1 Å². The first kappa shape index (κ1) is 11.2. The van der Waals surface area contributed by atoms with Crippen molar-refractivity contribution in [3.63, 3.8) is 0 Å². The van der Waals surface area contributed by atoms with Crippen LogP contribution in [-0.4, -0.2) is 0 Å². The van der Waals surface area contributed by atoms with Crippen LogP contribution in [0.1, 0.15) is 37.8 Å². The van der Waals surface area contributed by atoms with Crippen molar-refractivity contribution in [3.8, 4) is 0 Å². The molecule has 84 valence electrons. The van der Waals surface area contributed by atoms with Gasteiger partial charge in [0.1, 0.15) is 0 Å². The van der Waals surface area contributed by atoms with Crippen molar-refractivity contribution in [2.75, 3.05) is 0 Å². The van der Waals surface area contributed by atoms with Crippen LogP contribution in [0.4, 0.5) is 0 Å². The molecule has 0 unspecified atom stereocenters. The normalized spacial score (nSPS) is 13.9. The average molecular weight is 212 g/mol. The molecule has 0 atom stereocenters. The molecule has 1 aliphatic rings. The van der Waals surface area contributed by atoms with Gasteiger partial charge in [-0.25, -0.2) is 0 Å². The van der Waals surface area contributed by atoms with Crippen LogP contribution in [-0.2, 0) is 12.8 Å². The Bertz CT molecular complexity index is 468. The van der Waals surface area contributed by atoms with Crippen LogP contribution in [0.3, 0.4) is 0 Å². The number of benzene rings is 2. The number of fused-ring (bicyclic) bond motifs is 3. The third-order valence-electron chi connectivity index (χ3n) is 3.26. The average Bonchev–Trinajstić information content (AvgIpc) is 2.41. The van der Waals surface area contributed by atoms with Gasteiger partial charge in [-0.3, -0.25) is 0 Å². The topological polar surface area (TPSA) is 0 Å². The first-order valence-electron chi connectivity index (χ1n) is 6.45. The molecule has 1 aliphatic carbocycles. The second-order valence-corrected chi connectivity index (χ2v) is 4.13. The van der Waals surface area contributed by atoms with Crippen molar-refractivity contribution in [2.45, 2.75) is 39.5 Å². The molecular formula is C16H20. The molecule has 0 saturated carbocycles. The Morgan fingerprint density at radius 2 is 1.56 bits per heavy atom. The molecule has 2 aromatic carbocycles. The van der Waals surface area contributed by atoms with E-state index in [0.29, 0.717) is 0 Å². The lowest BCUT2D eigenvalue weighted by molar-refractivity contribution is 0.690. The van der Waals surface area contributed by atoms with Crippen LogP contribution >= 0.6 is 0 Å². The molecule has 0 aliphatic heterocycles. The van der Waals surface area contributed by atoms with Crippen LogP contribution in [0.5, 0.6) is 0 Å². The lowest BCUT2D eigenvalue weighted by Gasteiger charge is -2.17. The van der Waals surface area contributed by atoms with Gasteiger partial charge < -0.3 is 0 Å². The molecule has 0 fully saturated rings. The minimum absolute atomic E-state index is 1.27. The van der Waals surface area contributed by atoms with E-state index in [2.05, 4.69) is 36.4 Å².